The minimum atomic E-state index is -1.03. The maximum absolute atomic E-state index is 13.0. The Balaban J connectivity index is 1.94. The predicted octanol–water partition coefficient (Wildman–Crippen LogP) is 4.50. The van der Waals surface area contributed by atoms with E-state index in [9.17, 15) is 9.59 Å². The summed E-state index contributed by atoms with van der Waals surface area (Å²) in [5.74, 6) is -0.847. The van der Waals surface area contributed by atoms with Crippen LogP contribution in [-0.2, 0) is 9.53 Å². The lowest BCUT2D eigenvalue weighted by atomic mass is 10.00. The molecule has 3 aromatic rings. The monoisotopic (exact) mass is 382 g/mol. The number of nitrogens with one attached hydrogen (secondary N) is 1. The van der Waals surface area contributed by atoms with E-state index in [1.165, 1.54) is 11.3 Å². The number of fused-ring (bicyclic) bond motifs is 1. The molecule has 0 aliphatic heterocycles. The third-order valence-electron chi connectivity index (χ3n) is 4.46. The zero-order valence-electron chi connectivity index (χ0n) is 15.6. The highest BCUT2D eigenvalue weighted by Gasteiger charge is 2.30. The molecule has 27 heavy (non-hydrogen) atoms. The maximum Gasteiger partial charge on any atom is 0.349 e. The Labute approximate surface area is 162 Å². The zero-order valence-corrected chi connectivity index (χ0v) is 16.4. The molecule has 0 aliphatic carbocycles. The molecule has 0 unspecified atom stereocenters. The van der Waals surface area contributed by atoms with Crippen LogP contribution in [-0.4, -0.2) is 22.4 Å². The average molecular weight is 382 g/mol. The molecule has 0 saturated heterocycles. The first-order chi connectivity index (χ1) is 12.9. The summed E-state index contributed by atoms with van der Waals surface area (Å²) < 4.78 is 5.62. The summed E-state index contributed by atoms with van der Waals surface area (Å²) in [7, 11) is 0. The number of rotatable bonds is 6. The van der Waals surface area contributed by atoms with Crippen molar-refractivity contribution in [3.05, 3.63) is 64.5 Å². The minimum Gasteiger partial charge on any atom is -0.443 e. The lowest BCUT2D eigenvalue weighted by Gasteiger charge is -2.27. The molecule has 6 heteroatoms. The number of thiophene rings is 1. The largest absolute Gasteiger partial charge is 0.443 e. The summed E-state index contributed by atoms with van der Waals surface area (Å²) in [6.07, 6.45) is 1.44. The van der Waals surface area contributed by atoms with E-state index >= 15 is 0 Å². The van der Waals surface area contributed by atoms with Crippen LogP contribution in [0.1, 0.15) is 48.5 Å². The van der Waals surface area contributed by atoms with Gasteiger partial charge in [-0.3, -0.25) is 9.78 Å². The molecular weight excluding hydrogens is 360 g/mol. The maximum atomic E-state index is 13.0. The summed E-state index contributed by atoms with van der Waals surface area (Å²) in [5, 5.41) is 5.66. The summed E-state index contributed by atoms with van der Waals surface area (Å²) in [6, 6.07) is 12.7. The first-order valence-corrected chi connectivity index (χ1v) is 9.69. The van der Waals surface area contributed by atoms with Gasteiger partial charge in [-0.2, -0.15) is 0 Å². The van der Waals surface area contributed by atoms with Crippen molar-refractivity contribution in [2.75, 3.05) is 0 Å². The summed E-state index contributed by atoms with van der Waals surface area (Å²) in [5.41, 5.74) is 1.03. The first kappa shape index (κ1) is 19.0. The fourth-order valence-corrected chi connectivity index (χ4v) is 3.18. The summed E-state index contributed by atoms with van der Waals surface area (Å²) in [6.45, 7) is 5.87. The molecule has 140 valence electrons. The van der Waals surface area contributed by atoms with Gasteiger partial charge < -0.3 is 10.1 Å². The number of nitrogens with zero attached hydrogens (tertiary/aromatic N) is 1. The van der Waals surface area contributed by atoms with Gasteiger partial charge in [0.05, 0.1) is 5.52 Å². The van der Waals surface area contributed by atoms with E-state index in [-0.39, 0.29) is 5.91 Å². The number of aromatic nitrogens is 1. The first-order valence-electron chi connectivity index (χ1n) is 8.81. The van der Waals surface area contributed by atoms with Gasteiger partial charge in [-0.25, -0.2) is 4.79 Å². The summed E-state index contributed by atoms with van der Waals surface area (Å²) >= 11 is 1.28. The Kier molecular flexibility index (Phi) is 5.56. The zero-order chi connectivity index (χ0) is 19.4. The lowest BCUT2D eigenvalue weighted by molar-refractivity contribution is -0.132. The van der Waals surface area contributed by atoms with E-state index in [1.807, 2.05) is 45.0 Å². The summed E-state index contributed by atoms with van der Waals surface area (Å²) in [4.78, 5) is 30.2. The molecule has 2 aromatic heterocycles. The van der Waals surface area contributed by atoms with Crippen molar-refractivity contribution in [2.24, 2.45) is 0 Å². The number of hydrogen-bond acceptors (Lipinski definition) is 5. The van der Waals surface area contributed by atoms with Crippen molar-refractivity contribution in [2.45, 2.75) is 38.8 Å². The number of carbonyl (C=O) groups is 2. The molecule has 3 rings (SSSR count). The van der Waals surface area contributed by atoms with Crippen molar-refractivity contribution < 1.29 is 14.3 Å². The fourth-order valence-electron chi connectivity index (χ4n) is 2.58. The van der Waals surface area contributed by atoms with Gasteiger partial charge in [-0.1, -0.05) is 25.1 Å². The van der Waals surface area contributed by atoms with E-state index in [0.717, 1.165) is 17.3 Å². The lowest BCUT2D eigenvalue weighted by Crippen LogP contribution is -2.45. The Morgan fingerprint density at radius 3 is 2.74 bits per heavy atom. The Hall–Kier alpha value is -2.73. The Morgan fingerprint density at radius 2 is 2.04 bits per heavy atom. The highest BCUT2D eigenvalue weighted by atomic mass is 32.1. The average Bonchev–Trinajstić information content (AvgIpc) is 3.20. The van der Waals surface area contributed by atoms with Gasteiger partial charge in [0.15, 0.2) is 0 Å². The quantitative estimate of drug-likeness (QED) is 0.638. The number of pyridine rings is 1. The molecule has 1 atom stereocenters. The van der Waals surface area contributed by atoms with Crippen LogP contribution in [0.2, 0.25) is 0 Å². The van der Waals surface area contributed by atoms with Crippen LogP contribution in [0.5, 0.6) is 0 Å². The third kappa shape index (κ3) is 4.52. The molecular formula is C21H22N2O3S. The highest BCUT2D eigenvalue weighted by molar-refractivity contribution is 7.11. The van der Waals surface area contributed by atoms with E-state index < -0.39 is 17.6 Å². The topological polar surface area (TPSA) is 68.3 Å². The van der Waals surface area contributed by atoms with Crippen LogP contribution in [0.3, 0.4) is 0 Å². The normalized spacial score (nSPS) is 12.6. The molecule has 0 aliphatic rings. The predicted molar refractivity (Wildman–Crippen MR) is 107 cm³/mol. The van der Waals surface area contributed by atoms with Gasteiger partial charge in [0, 0.05) is 22.7 Å². The van der Waals surface area contributed by atoms with Crippen LogP contribution >= 0.6 is 11.3 Å². The van der Waals surface area contributed by atoms with Crippen LogP contribution in [0, 0.1) is 0 Å². The van der Waals surface area contributed by atoms with Gasteiger partial charge in [0.2, 0.25) is 6.10 Å². The van der Waals surface area contributed by atoms with Crippen molar-refractivity contribution in [1.29, 1.82) is 0 Å². The molecule has 0 radical (unpaired) electrons. The minimum absolute atomic E-state index is 0.338. The van der Waals surface area contributed by atoms with Crippen molar-refractivity contribution in [3.8, 4) is 0 Å². The van der Waals surface area contributed by atoms with Crippen molar-refractivity contribution in [3.63, 3.8) is 0 Å². The molecule has 0 fully saturated rings. The number of amides is 1. The third-order valence-corrected chi connectivity index (χ3v) is 5.31. The van der Waals surface area contributed by atoms with Crippen LogP contribution < -0.4 is 5.32 Å². The highest BCUT2D eigenvalue weighted by Crippen LogP contribution is 2.25. The molecule has 5 nitrogen and oxygen atoms in total. The van der Waals surface area contributed by atoms with E-state index in [4.69, 9.17) is 4.74 Å². The Morgan fingerprint density at radius 1 is 1.22 bits per heavy atom. The molecule has 0 spiro atoms. The second kappa shape index (κ2) is 7.88. The smallest absolute Gasteiger partial charge is 0.349 e. The second-order valence-corrected chi connectivity index (χ2v) is 7.89. The van der Waals surface area contributed by atoms with E-state index in [2.05, 4.69) is 10.3 Å². The van der Waals surface area contributed by atoms with Crippen LogP contribution in [0.4, 0.5) is 0 Å². The molecule has 1 aromatic carbocycles. The SMILES string of the molecule is CCC(C)(C)NC(=O)[C@@H](OC(=O)c1cccs1)c1ccc2ncccc2c1. The molecule has 0 saturated carbocycles. The molecule has 1 amide bonds. The van der Waals surface area contributed by atoms with Crippen LogP contribution in [0.15, 0.2) is 54.0 Å². The second-order valence-electron chi connectivity index (χ2n) is 6.94. The van der Waals surface area contributed by atoms with Gasteiger partial charge >= 0.3 is 5.97 Å². The molecule has 2 heterocycles. The van der Waals surface area contributed by atoms with Crippen LogP contribution in [0.25, 0.3) is 10.9 Å². The van der Waals surface area contributed by atoms with Crippen molar-refractivity contribution >= 4 is 34.1 Å². The number of hydrogen-bond donors (Lipinski definition) is 1. The number of ether oxygens (including phenoxy) is 1. The van der Waals surface area contributed by atoms with E-state index in [1.54, 1.807) is 29.8 Å². The van der Waals surface area contributed by atoms with Gasteiger partial charge in [-0.05, 0) is 49.9 Å². The fraction of sp³-hybridized carbons (Fsp3) is 0.286. The van der Waals surface area contributed by atoms with E-state index in [0.29, 0.717) is 10.4 Å². The Bertz CT molecular complexity index is 951. The number of esters is 1. The standard InChI is InChI=1S/C21H22N2O3S/c1-4-21(2,3)23-19(24)18(26-20(25)17-8-6-12-27-17)15-9-10-16-14(13-15)7-5-11-22-16/h5-13,18H,4H2,1-3H3,(H,23,24)/t18-/m0/s1. The number of benzene rings is 1. The van der Waals surface area contributed by atoms with Gasteiger partial charge in [-0.15, -0.1) is 11.3 Å². The van der Waals surface area contributed by atoms with Gasteiger partial charge in [0.25, 0.3) is 5.91 Å². The van der Waals surface area contributed by atoms with Crippen molar-refractivity contribution in [1.82, 2.24) is 10.3 Å². The number of carbonyl (C=O) groups excluding carboxylic acids is 2. The molecule has 0 bridgehead atoms. The van der Waals surface area contributed by atoms with Gasteiger partial charge in [0.1, 0.15) is 4.88 Å². The molecule has 1 N–H and O–H groups in total.